The van der Waals surface area contributed by atoms with Gasteiger partial charge >= 0.3 is 0 Å². The molecule has 0 bridgehead atoms. The van der Waals surface area contributed by atoms with E-state index in [2.05, 4.69) is 34.4 Å². The number of nitrogens with zero attached hydrogens (tertiary/aromatic N) is 4. The first kappa shape index (κ1) is 18.2. The third-order valence-corrected chi connectivity index (χ3v) is 4.69. The van der Waals surface area contributed by atoms with Crippen molar-refractivity contribution in [3.05, 3.63) is 72.1 Å². The van der Waals surface area contributed by atoms with Crippen molar-refractivity contribution in [1.29, 1.82) is 0 Å². The molecule has 0 spiro atoms. The van der Waals surface area contributed by atoms with Gasteiger partial charge in [-0.25, -0.2) is 0 Å². The van der Waals surface area contributed by atoms with Crippen LogP contribution in [0.1, 0.15) is 30.9 Å². The first-order valence-electron chi connectivity index (χ1n) is 8.69. The van der Waals surface area contributed by atoms with Crippen LogP contribution in [-0.4, -0.2) is 27.7 Å². The van der Waals surface area contributed by atoms with E-state index in [4.69, 9.17) is 4.74 Å². The van der Waals surface area contributed by atoms with E-state index in [0.29, 0.717) is 0 Å². The Labute approximate surface area is 158 Å². The molecule has 1 aromatic heterocycles. The lowest BCUT2D eigenvalue weighted by Crippen LogP contribution is -1.96. The summed E-state index contributed by atoms with van der Waals surface area (Å²) in [6.07, 6.45) is 5.62. The second-order valence-electron chi connectivity index (χ2n) is 5.75. The highest BCUT2D eigenvalue weighted by Crippen LogP contribution is 2.20. The van der Waals surface area contributed by atoms with Crippen molar-refractivity contribution in [2.45, 2.75) is 30.7 Å². The first-order chi connectivity index (χ1) is 12.8. The standard InChI is InChI=1S/C20H22N4OS/c1-2-3-13-25-19-11-9-17(10-12-19)14-22-24-16-21-23-20(24)26-15-18-7-5-4-6-8-18/h4-12,14,16H,2-3,13,15H2,1H3/b22-14-. The molecule has 0 aliphatic carbocycles. The maximum Gasteiger partial charge on any atom is 0.212 e. The second-order valence-corrected chi connectivity index (χ2v) is 6.69. The van der Waals surface area contributed by atoms with Crippen molar-refractivity contribution in [1.82, 2.24) is 14.9 Å². The lowest BCUT2D eigenvalue weighted by atomic mass is 10.2. The summed E-state index contributed by atoms with van der Waals surface area (Å²) in [5, 5.41) is 13.3. The van der Waals surface area contributed by atoms with E-state index >= 15 is 0 Å². The van der Waals surface area contributed by atoms with Crippen LogP contribution in [0, 0.1) is 0 Å². The van der Waals surface area contributed by atoms with Gasteiger partial charge in [0.25, 0.3) is 0 Å². The molecule has 1 heterocycles. The van der Waals surface area contributed by atoms with Crippen molar-refractivity contribution in [3.8, 4) is 5.75 Å². The van der Waals surface area contributed by atoms with Crippen molar-refractivity contribution in [3.63, 3.8) is 0 Å². The predicted octanol–water partition coefficient (Wildman–Crippen LogP) is 4.63. The molecular weight excluding hydrogens is 344 g/mol. The van der Waals surface area contributed by atoms with Crippen LogP contribution in [0.5, 0.6) is 5.75 Å². The molecule has 2 aromatic carbocycles. The zero-order valence-electron chi connectivity index (χ0n) is 14.8. The zero-order chi connectivity index (χ0) is 18.0. The van der Waals surface area contributed by atoms with Crippen molar-refractivity contribution in [2.24, 2.45) is 5.10 Å². The molecule has 0 saturated heterocycles. The smallest absolute Gasteiger partial charge is 0.212 e. The minimum absolute atomic E-state index is 0.757. The van der Waals surface area contributed by atoms with Gasteiger partial charge in [0.2, 0.25) is 5.16 Å². The Hall–Kier alpha value is -2.60. The van der Waals surface area contributed by atoms with Gasteiger partial charge in [0, 0.05) is 5.75 Å². The Bertz CT molecular complexity index is 815. The average Bonchev–Trinajstić information content (AvgIpc) is 3.14. The largest absolute Gasteiger partial charge is 0.494 e. The van der Waals surface area contributed by atoms with Crippen molar-refractivity contribution < 1.29 is 4.74 Å². The third kappa shape index (κ3) is 5.46. The molecular formula is C20H22N4OS. The maximum atomic E-state index is 5.67. The molecule has 3 aromatic rings. The highest BCUT2D eigenvalue weighted by Gasteiger charge is 2.04. The Morgan fingerprint density at radius 3 is 2.69 bits per heavy atom. The molecule has 0 unspecified atom stereocenters. The SMILES string of the molecule is CCCCOc1ccc(/C=N\n2cnnc2SCc2ccccc2)cc1. The van der Waals surface area contributed by atoms with Crippen LogP contribution < -0.4 is 4.74 Å². The van der Waals surface area contributed by atoms with Gasteiger partial charge in [-0.2, -0.15) is 9.78 Å². The molecule has 0 radical (unpaired) electrons. The third-order valence-electron chi connectivity index (χ3n) is 3.69. The van der Waals surface area contributed by atoms with Gasteiger partial charge in [0.1, 0.15) is 12.1 Å². The van der Waals surface area contributed by atoms with Crippen LogP contribution in [0.2, 0.25) is 0 Å². The highest BCUT2D eigenvalue weighted by atomic mass is 32.2. The van der Waals surface area contributed by atoms with E-state index in [1.165, 1.54) is 5.56 Å². The minimum Gasteiger partial charge on any atom is -0.494 e. The van der Waals surface area contributed by atoms with Crippen LogP contribution in [0.15, 0.2) is 71.2 Å². The molecule has 3 rings (SSSR count). The summed E-state index contributed by atoms with van der Waals surface area (Å²) in [5.74, 6) is 1.72. The Morgan fingerprint density at radius 2 is 1.92 bits per heavy atom. The summed E-state index contributed by atoms with van der Waals surface area (Å²) in [5.41, 5.74) is 2.25. The van der Waals surface area contributed by atoms with Crippen LogP contribution in [-0.2, 0) is 5.75 Å². The van der Waals surface area contributed by atoms with Crippen molar-refractivity contribution >= 4 is 18.0 Å². The number of hydrogen-bond acceptors (Lipinski definition) is 5. The van der Waals surface area contributed by atoms with Gasteiger partial charge < -0.3 is 4.74 Å². The monoisotopic (exact) mass is 366 g/mol. The molecule has 0 N–H and O–H groups in total. The quantitative estimate of drug-likeness (QED) is 0.315. The van der Waals surface area contributed by atoms with Crippen molar-refractivity contribution in [2.75, 3.05) is 6.61 Å². The predicted molar refractivity (Wildman–Crippen MR) is 106 cm³/mol. The summed E-state index contributed by atoms with van der Waals surface area (Å²) in [4.78, 5) is 0. The molecule has 6 heteroatoms. The fourth-order valence-corrected chi connectivity index (χ4v) is 3.05. The molecule has 0 aliphatic heterocycles. The fourth-order valence-electron chi connectivity index (χ4n) is 2.23. The molecule has 26 heavy (non-hydrogen) atoms. The van der Waals surface area contributed by atoms with E-state index in [1.807, 2.05) is 42.5 Å². The number of rotatable bonds is 9. The second kappa shape index (κ2) is 9.77. The van der Waals surface area contributed by atoms with E-state index in [-0.39, 0.29) is 0 Å². The van der Waals surface area contributed by atoms with Crippen LogP contribution in [0.3, 0.4) is 0 Å². The molecule has 0 aliphatic rings. The summed E-state index contributed by atoms with van der Waals surface area (Å²) in [6, 6.07) is 18.2. The number of benzene rings is 2. The molecule has 0 saturated carbocycles. The van der Waals surface area contributed by atoms with Gasteiger partial charge in [-0.15, -0.1) is 10.2 Å². The summed E-state index contributed by atoms with van der Waals surface area (Å²) in [6.45, 7) is 2.91. The summed E-state index contributed by atoms with van der Waals surface area (Å²) < 4.78 is 7.37. The number of thioether (sulfide) groups is 1. The summed E-state index contributed by atoms with van der Waals surface area (Å²) >= 11 is 1.61. The number of unbranched alkanes of at least 4 members (excludes halogenated alkanes) is 1. The number of aromatic nitrogens is 3. The molecule has 0 atom stereocenters. The number of ether oxygens (including phenoxy) is 1. The van der Waals surface area contributed by atoms with Gasteiger partial charge in [-0.1, -0.05) is 55.4 Å². The average molecular weight is 366 g/mol. The van der Waals surface area contributed by atoms with Gasteiger partial charge in [0.15, 0.2) is 0 Å². The highest BCUT2D eigenvalue weighted by molar-refractivity contribution is 7.98. The maximum absolute atomic E-state index is 5.67. The first-order valence-corrected chi connectivity index (χ1v) is 9.67. The van der Waals surface area contributed by atoms with Gasteiger partial charge in [0.05, 0.1) is 12.8 Å². The zero-order valence-corrected chi connectivity index (χ0v) is 15.6. The number of hydrogen-bond donors (Lipinski definition) is 0. The van der Waals surface area contributed by atoms with E-state index in [0.717, 1.165) is 41.7 Å². The summed E-state index contributed by atoms with van der Waals surface area (Å²) in [7, 11) is 0. The fraction of sp³-hybridized carbons (Fsp3) is 0.250. The molecule has 0 fully saturated rings. The van der Waals surface area contributed by atoms with E-state index in [9.17, 15) is 0 Å². The lowest BCUT2D eigenvalue weighted by Gasteiger charge is -2.05. The van der Waals surface area contributed by atoms with Crippen LogP contribution >= 0.6 is 11.8 Å². The van der Waals surface area contributed by atoms with Crippen LogP contribution in [0.25, 0.3) is 0 Å². The van der Waals surface area contributed by atoms with Gasteiger partial charge in [-0.05, 0) is 41.8 Å². The van der Waals surface area contributed by atoms with Gasteiger partial charge in [-0.3, -0.25) is 0 Å². The topological polar surface area (TPSA) is 52.3 Å². The molecule has 0 amide bonds. The normalized spacial score (nSPS) is 11.1. The Morgan fingerprint density at radius 1 is 1.12 bits per heavy atom. The minimum atomic E-state index is 0.757. The Balaban J connectivity index is 1.58. The molecule has 134 valence electrons. The lowest BCUT2D eigenvalue weighted by molar-refractivity contribution is 0.309. The van der Waals surface area contributed by atoms with E-state index < -0.39 is 0 Å². The molecule has 5 nitrogen and oxygen atoms in total. The Kier molecular flexibility index (Phi) is 6.84. The van der Waals surface area contributed by atoms with E-state index in [1.54, 1.807) is 29.0 Å². The van der Waals surface area contributed by atoms with Crippen LogP contribution in [0.4, 0.5) is 0 Å².